The van der Waals surface area contributed by atoms with Gasteiger partial charge in [-0.3, -0.25) is 0 Å². The van der Waals surface area contributed by atoms with E-state index in [4.69, 9.17) is 4.74 Å². The van der Waals surface area contributed by atoms with Crippen LogP contribution in [0.4, 0.5) is 5.69 Å². The molecule has 0 bridgehead atoms. The second kappa shape index (κ2) is 5.92. The molecule has 1 atom stereocenters. The summed E-state index contributed by atoms with van der Waals surface area (Å²) < 4.78 is 32.4. The van der Waals surface area contributed by atoms with Gasteiger partial charge in [-0.05, 0) is 38.1 Å². The Labute approximate surface area is 125 Å². The fourth-order valence-electron chi connectivity index (χ4n) is 2.46. The van der Waals surface area contributed by atoms with Crippen molar-refractivity contribution in [2.45, 2.75) is 30.4 Å². The molecule has 118 valence electrons. The van der Waals surface area contributed by atoms with Crippen LogP contribution in [0.3, 0.4) is 0 Å². The number of benzene rings is 1. The van der Waals surface area contributed by atoms with Crippen molar-refractivity contribution in [2.75, 3.05) is 32.1 Å². The van der Waals surface area contributed by atoms with Crippen LogP contribution in [0.15, 0.2) is 29.2 Å². The summed E-state index contributed by atoms with van der Waals surface area (Å²) in [6, 6.07) is 6.61. The minimum absolute atomic E-state index is 0.163. The molecular formula is C14H22N2O4S. The lowest BCUT2D eigenvalue weighted by Gasteiger charge is -2.41. The van der Waals surface area contributed by atoms with Gasteiger partial charge in [-0.15, -0.1) is 0 Å². The molecule has 7 heteroatoms. The summed E-state index contributed by atoms with van der Waals surface area (Å²) in [4.78, 5) is 0.246. The van der Waals surface area contributed by atoms with Crippen LogP contribution in [0, 0.1) is 0 Å². The lowest BCUT2D eigenvalue weighted by atomic mass is 10.1. The molecule has 2 N–H and O–H groups in total. The first-order valence-corrected chi connectivity index (χ1v) is 8.29. The Morgan fingerprint density at radius 3 is 2.52 bits per heavy atom. The predicted molar refractivity (Wildman–Crippen MR) is 80.8 cm³/mol. The molecule has 6 nitrogen and oxygen atoms in total. The summed E-state index contributed by atoms with van der Waals surface area (Å²) in [5.41, 5.74) is 0.230. The van der Waals surface area contributed by atoms with E-state index >= 15 is 0 Å². The molecule has 0 radical (unpaired) electrons. The monoisotopic (exact) mass is 314 g/mol. The summed E-state index contributed by atoms with van der Waals surface area (Å²) in [5.74, 6) is 0. The van der Waals surface area contributed by atoms with Gasteiger partial charge in [-0.2, -0.15) is 4.31 Å². The number of sulfonamides is 1. The van der Waals surface area contributed by atoms with Gasteiger partial charge >= 0.3 is 0 Å². The van der Waals surface area contributed by atoms with E-state index in [0.29, 0.717) is 0 Å². The first-order valence-electron chi connectivity index (χ1n) is 6.85. The van der Waals surface area contributed by atoms with Gasteiger partial charge in [0.1, 0.15) is 0 Å². The molecule has 1 aromatic rings. The summed E-state index contributed by atoms with van der Waals surface area (Å²) in [6.07, 6.45) is -0.500. The van der Waals surface area contributed by atoms with Crippen LogP contribution in [0.1, 0.15) is 13.8 Å². The van der Waals surface area contributed by atoms with E-state index < -0.39 is 21.7 Å². The van der Waals surface area contributed by atoms with E-state index in [1.165, 1.54) is 4.31 Å². The van der Waals surface area contributed by atoms with Gasteiger partial charge in [-0.1, -0.05) is 0 Å². The Bertz CT molecular complexity index is 583. The number of hydrogen-bond acceptors (Lipinski definition) is 5. The van der Waals surface area contributed by atoms with Gasteiger partial charge in [0, 0.05) is 25.8 Å². The molecular weight excluding hydrogens is 292 g/mol. The second-order valence-electron chi connectivity index (χ2n) is 5.75. The summed E-state index contributed by atoms with van der Waals surface area (Å²) in [5, 5.41) is 12.2. The van der Waals surface area contributed by atoms with E-state index in [1.807, 2.05) is 13.8 Å². The number of nitrogens with one attached hydrogen (secondary N) is 1. The molecule has 1 aliphatic heterocycles. The number of aliphatic hydroxyl groups excluding tert-OH is 1. The average molecular weight is 314 g/mol. The molecule has 0 amide bonds. The first-order chi connectivity index (χ1) is 9.78. The highest BCUT2D eigenvalue weighted by molar-refractivity contribution is 7.89. The van der Waals surface area contributed by atoms with E-state index in [2.05, 4.69) is 5.32 Å². The Morgan fingerprint density at radius 1 is 1.38 bits per heavy atom. The van der Waals surface area contributed by atoms with Crippen molar-refractivity contribution in [1.82, 2.24) is 4.31 Å². The zero-order valence-corrected chi connectivity index (χ0v) is 13.4. The van der Waals surface area contributed by atoms with Crippen LogP contribution in [0.2, 0.25) is 0 Å². The zero-order valence-electron chi connectivity index (χ0n) is 12.5. The first kappa shape index (κ1) is 16.2. The van der Waals surface area contributed by atoms with Gasteiger partial charge < -0.3 is 15.2 Å². The van der Waals surface area contributed by atoms with Crippen molar-refractivity contribution < 1.29 is 18.3 Å². The van der Waals surface area contributed by atoms with Crippen molar-refractivity contribution in [3.63, 3.8) is 0 Å². The zero-order chi connectivity index (χ0) is 15.7. The number of aliphatic hydroxyl groups is 1. The van der Waals surface area contributed by atoms with Crippen molar-refractivity contribution >= 4 is 15.7 Å². The molecule has 1 aromatic carbocycles. The molecule has 1 heterocycles. The van der Waals surface area contributed by atoms with Crippen LogP contribution in [-0.4, -0.2) is 56.3 Å². The number of anilines is 1. The third-order valence-electron chi connectivity index (χ3n) is 3.43. The van der Waals surface area contributed by atoms with Crippen LogP contribution >= 0.6 is 0 Å². The maximum atomic E-state index is 12.7. The maximum Gasteiger partial charge on any atom is 0.243 e. The smallest absolute Gasteiger partial charge is 0.243 e. The lowest BCUT2D eigenvalue weighted by molar-refractivity contribution is -0.131. The van der Waals surface area contributed by atoms with E-state index in [1.54, 1.807) is 31.3 Å². The molecule has 0 spiro atoms. The van der Waals surface area contributed by atoms with Gasteiger partial charge in [-0.25, -0.2) is 8.42 Å². The largest absolute Gasteiger partial charge is 0.394 e. The van der Waals surface area contributed by atoms with Crippen molar-refractivity contribution in [1.29, 1.82) is 0 Å². The minimum atomic E-state index is -3.59. The Balaban J connectivity index is 2.29. The third-order valence-corrected chi connectivity index (χ3v) is 5.26. The quantitative estimate of drug-likeness (QED) is 0.863. The van der Waals surface area contributed by atoms with Gasteiger partial charge in [0.2, 0.25) is 10.0 Å². The van der Waals surface area contributed by atoms with E-state index in [9.17, 15) is 13.5 Å². The fourth-order valence-corrected chi connectivity index (χ4v) is 4.08. The summed E-state index contributed by atoms with van der Waals surface area (Å²) in [7, 11) is -1.81. The predicted octanol–water partition coefficient (Wildman–Crippen LogP) is 0.889. The third kappa shape index (κ3) is 3.55. The molecule has 1 saturated heterocycles. The highest BCUT2D eigenvalue weighted by atomic mass is 32.2. The van der Waals surface area contributed by atoms with E-state index in [0.717, 1.165) is 5.69 Å². The molecule has 0 aromatic heterocycles. The fraction of sp³-hybridized carbons (Fsp3) is 0.571. The van der Waals surface area contributed by atoms with Gasteiger partial charge in [0.25, 0.3) is 0 Å². The molecule has 1 aliphatic rings. The maximum absolute atomic E-state index is 12.7. The number of hydrogen-bond donors (Lipinski definition) is 2. The summed E-state index contributed by atoms with van der Waals surface area (Å²) >= 11 is 0. The van der Waals surface area contributed by atoms with Crippen molar-refractivity contribution in [3.05, 3.63) is 24.3 Å². The molecule has 0 aliphatic carbocycles. The lowest BCUT2D eigenvalue weighted by Crippen LogP contribution is -2.55. The van der Waals surface area contributed by atoms with Crippen LogP contribution < -0.4 is 5.32 Å². The molecule has 21 heavy (non-hydrogen) atoms. The number of morpholine rings is 1. The Hall–Kier alpha value is -1.15. The molecule has 0 saturated carbocycles. The molecule has 2 rings (SSSR count). The Morgan fingerprint density at radius 2 is 2.00 bits per heavy atom. The highest BCUT2D eigenvalue weighted by Gasteiger charge is 2.39. The number of nitrogens with zero attached hydrogens (tertiary/aromatic N) is 1. The Kier molecular flexibility index (Phi) is 4.57. The number of rotatable bonds is 4. The average Bonchev–Trinajstić information content (AvgIpc) is 2.45. The van der Waals surface area contributed by atoms with E-state index in [-0.39, 0.29) is 24.6 Å². The van der Waals surface area contributed by atoms with Crippen LogP contribution in [-0.2, 0) is 14.8 Å². The highest BCUT2D eigenvalue weighted by Crippen LogP contribution is 2.26. The van der Waals surface area contributed by atoms with Crippen LogP contribution in [0.5, 0.6) is 0 Å². The topological polar surface area (TPSA) is 78.9 Å². The normalized spacial score (nSPS) is 23.0. The summed E-state index contributed by atoms with van der Waals surface area (Å²) in [6.45, 7) is 3.87. The minimum Gasteiger partial charge on any atom is -0.394 e. The van der Waals surface area contributed by atoms with Crippen molar-refractivity contribution in [3.8, 4) is 0 Å². The molecule has 1 unspecified atom stereocenters. The van der Waals surface area contributed by atoms with Gasteiger partial charge in [0.15, 0.2) is 0 Å². The van der Waals surface area contributed by atoms with Crippen molar-refractivity contribution in [2.24, 2.45) is 0 Å². The second-order valence-corrected chi connectivity index (χ2v) is 7.69. The van der Waals surface area contributed by atoms with Gasteiger partial charge in [0.05, 0.1) is 23.2 Å². The number of ether oxygens (including phenoxy) is 1. The SMILES string of the molecule is CNc1ccc(S(=O)(=O)N2CC(CO)OC(C)(C)C2)cc1. The standard InChI is InChI=1S/C14H22N2O4S/c1-14(2)10-16(8-12(9-17)20-14)21(18,19)13-6-4-11(15-3)5-7-13/h4-7,12,15,17H,8-10H2,1-3H3. The van der Waals surface area contributed by atoms with Crippen LogP contribution in [0.25, 0.3) is 0 Å². The molecule has 1 fully saturated rings.